The molecular weight excluding hydrogens is 430 g/mol. The van der Waals surface area contributed by atoms with Crippen molar-refractivity contribution in [1.82, 2.24) is 15.4 Å². The highest BCUT2D eigenvalue weighted by Crippen LogP contribution is 2.24. The lowest BCUT2D eigenvalue weighted by Crippen LogP contribution is -2.51. The van der Waals surface area contributed by atoms with Gasteiger partial charge in [0.25, 0.3) is 5.91 Å². The highest BCUT2D eigenvalue weighted by molar-refractivity contribution is 6.27. The molecule has 1 aliphatic carbocycles. The van der Waals surface area contributed by atoms with Crippen LogP contribution in [0.4, 0.5) is 0 Å². The number of hydrazine groups is 1. The summed E-state index contributed by atoms with van der Waals surface area (Å²) in [5.41, 5.74) is 3.97. The maximum Gasteiger partial charge on any atom is 0.255 e. The number of halogens is 1. The number of aromatic nitrogens is 1. The largest absolute Gasteiger partial charge is 0.352 e. The SMILES string of the molecule is CC(C)C[C@H](CC(=O)c1cc2ccccc2[nH]1)C(=O)NN(CC1CCCC1=O)C(=O)CCl. The van der Waals surface area contributed by atoms with E-state index >= 15 is 0 Å². The molecule has 0 spiro atoms. The van der Waals surface area contributed by atoms with E-state index in [9.17, 15) is 19.2 Å². The Labute approximate surface area is 192 Å². The topological polar surface area (TPSA) is 99.3 Å². The van der Waals surface area contributed by atoms with Gasteiger partial charge in [-0.25, -0.2) is 0 Å². The van der Waals surface area contributed by atoms with Crippen molar-refractivity contribution in [2.24, 2.45) is 17.8 Å². The molecule has 1 aromatic heterocycles. The number of hydrogen-bond donors (Lipinski definition) is 2. The Morgan fingerprint density at radius 1 is 1.25 bits per heavy atom. The average molecular weight is 460 g/mol. The molecule has 32 heavy (non-hydrogen) atoms. The van der Waals surface area contributed by atoms with Crippen LogP contribution in [0.2, 0.25) is 0 Å². The van der Waals surface area contributed by atoms with Gasteiger partial charge in [-0.2, -0.15) is 0 Å². The first-order valence-electron chi connectivity index (χ1n) is 11.1. The van der Waals surface area contributed by atoms with E-state index in [0.29, 0.717) is 25.0 Å². The Kier molecular flexibility index (Phi) is 8.07. The van der Waals surface area contributed by atoms with Gasteiger partial charge in [0, 0.05) is 35.6 Å². The first-order valence-corrected chi connectivity index (χ1v) is 11.6. The van der Waals surface area contributed by atoms with E-state index in [1.807, 2.05) is 38.1 Å². The number of hydrogen-bond acceptors (Lipinski definition) is 4. The molecule has 1 aromatic carbocycles. The normalized spacial score (nSPS) is 17.0. The molecule has 1 heterocycles. The summed E-state index contributed by atoms with van der Waals surface area (Å²) in [6.45, 7) is 4.07. The summed E-state index contributed by atoms with van der Waals surface area (Å²) in [5.74, 6) is -1.98. The van der Waals surface area contributed by atoms with Crippen LogP contribution in [0.25, 0.3) is 10.9 Å². The number of rotatable bonds is 9. The molecule has 0 radical (unpaired) electrons. The molecule has 172 valence electrons. The Morgan fingerprint density at radius 3 is 2.62 bits per heavy atom. The molecule has 2 aromatic rings. The number of Topliss-reactive ketones (excluding diaryl/α,β-unsaturated/α-hetero) is 2. The zero-order valence-electron chi connectivity index (χ0n) is 18.5. The highest BCUT2D eigenvalue weighted by atomic mass is 35.5. The predicted octanol–water partition coefficient (Wildman–Crippen LogP) is 3.87. The van der Waals surface area contributed by atoms with E-state index in [-0.39, 0.29) is 42.2 Å². The molecule has 2 atom stereocenters. The summed E-state index contributed by atoms with van der Waals surface area (Å²) < 4.78 is 0. The van der Waals surface area contributed by atoms with E-state index in [0.717, 1.165) is 22.3 Å². The first-order chi connectivity index (χ1) is 15.3. The molecule has 8 heteroatoms. The van der Waals surface area contributed by atoms with Crippen LogP contribution in [0.15, 0.2) is 30.3 Å². The number of amides is 2. The van der Waals surface area contributed by atoms with E-state index in [2.05, 4.69) is 10.4 Å². The molecule has 7 nitrogen and oxygen atoms in total. The third kappa shape index (κ3) is 5.97. The number of benzene rings is 1. The molecular formula is C24H30ClN3O4. The van der Waals surface area contributed by atoms with Crippen molar-refractivity contribution in [1.29, 1.82) is 0 Å². The molecule has 0 bridgehead atoms. The number of aromatic amines is 1. The van der Waals surface area contributed by atoms with Crippen LogP contribution >= 0.6 is 11.6 Å². The molecule has 3 rings (SSSR count). The van der Waals surface area contributed by atoms with Gasteiger partial charge in [0.15, 0.2) is 5.78 Å². The predicted molar refractivity (Wildman–Crippen MR) is 123 cm³/mol. The van der Waals surface area contributed by atoms with Crippen molar-refractivity contribution in [2.75, 3.05) is 12.4 Å². The van der Waals surface area contributed by atoms with Crippen molar-refractivity contribution in [3.8, 4) is 0 Å². The number of fused-ring (bicyclic) bond motifs is 1. The van der Waals surface area contributed by atoms with Gasteiger partial charge >= 0.3 is 0 Å². The number of para-hydroxylation sites is 1. The molecule has 1 saturated carbocycles. The van der Waals surface area contributed by atoms with Crippen LogP contribution in [0.5, 0.6) is 0 Å². The van der Waals surface area contributed by atoms with Crippen LogP contribution < -0.4 is 5.43 Å². The van der Waals surface area contributed by atoms with E-state index < -0.39 is 17.7 Å². The Bertz CT molecular complexity index is 967. The van der Waals surface area contributed by atoms with Gasteiger partial charge in [0.05, 0.1) is 12.2 Å². The number of nitrogens with one attached hydrogen (secondary N) is 2. The highest BCUT2D eigenvalue weighted by Gasteiger charge is 2.31. The summed E-state index contributed by atoms with van der Waals surface area (Å²) >= 11 is 5.73. The summed E-state index contributed by atoms with van der Waals surface area (Å²) in [6, 6.07) is 9.39. The van der Waals surface area contributed by atoms with Gasteiger partial charge in [-0.15, -0.1) is 11.6 Å². The summed E-state index contributed by atoms with van der Waals surface area (Å²) in [7, 11) is 0. The minimum absolute atomic E-state index is 0.0160. The average Bonchev–Trinajstić information content (AvgIpc) is 3.37. The fourth-order valence-electron chi connectivity index (χ4n) is 4.22. The number of H-pyrrole nitrogens is 1. The van der Waals surface area contributed by atoms with Gasteiger partial charge in [0.1, 0.15) is 11.7 Å². The van der Waals surface area contributed by atoms with Crippen molar-refractivity contribution in [2.45, 2.75) is 46.0 Å². The molecule has 1 aliphatic rings. The van der Waals surface area contributed by atoms with Gasteiger partial charge < -0.3 is 4.98 Å². The molecule has 2 N–H and O–H groups in total. The zero-order chi connectivity index (χ0) is 23.3. The lowest BCUT2D eigenvalue weighted by atomic mass is 9.91. The van der Waals surface area contributed by atoms with Crippen molar-refractivity contribution in [3.63, 3.8) is 0 Å². The summed E-state index contributed by atoms with van der Waals surface area (Å²) in [5, 5.41) is 2.09. The summed E-state index contributed by atoms with van der Waals surface area (Å²) in [4.78, 5) is 53.5. The second-order valence-corrected chi connectivity index (χ2v) is 9.16. The van der Waals surface area contributed by atoms with Crippen LogP contribution in [0, 0.1) is 17.8 Å². The van der Waals surface area contributed by atoms with Gasteiger partial charge in [-0.05, 0) is 37.3 Å². The lowest BCUT2D eigenvalue weighted by Gasteiger charge is -2.27. The third-order valence-corrected chi connectivity index (χ3v) is 6.11. The standard InChI is InChI=1S/C24H30ClN3O4/c1-15(2)10-18(12-22(30)20-11-16-6-3-4-8-19(16)26-20)24(32)27-28(23(31)13-25)14-17-7-5-9-21(17)29/h3-4,6,8,11,15,17-18,26H,5,7,9-10,12-14H2,1-2H3,(H,27,32)/t17?,18-/m1/s1. The number of alkyl halides is 1. The number of nitrogens with zero attached hydrogens (tertiary/aromatic N) is 1. The number of carbonyl (C=O) groups is 4. The van der Waals surface area contributed by atoms with Crippen molar-refractivity contribution in [3.05, 3.63) is 36.0 Å². The van der Waals surface area contributed by atoms with Crippen LogP contribution in [0.1, 0.15) is 56.4 Å². The van der Waals surface area contributed by atoms with E-state index in [1.165, 1.54) is 0 Å². The summed E-state index contributed by atoms with van der Waals surface area (Å²) in [6.07, 6.45) is 2.48. The maximum absolute atomic E-state index is 13.1. The fraction of sp³-hybridized carbons (Fsp3) is 0.500. The smallest absolute Gasteiger partial charge is 0.255 e. The Hall–Kier alpha value is -2.67. The van der Waals surface area contributed by atoms with Crippen LogP contribution in [-0.2, 0) is 14.4 Å². The van der Waals surface area contributed by atoms with E-state index in [1.54, 1.807) is 6.07 Å². The Morgan fingerprint density at radius 2 is 2.00 bits per heavy atom. The molecule has 2 amide bonds. The first kappa shape index (κ1) is 24.0. The maximum atomic E-state index is 13.1. The zero-order valence-corrected chi connectivity index (χ0v) is 19.3. The second-order valence-electron chi connectivity index (χ2n) is 8.89. The number of ketones is 2. The van der Waals surface area contributed by atoms with Crippen LogP contribution in [-0.4, -0.2) is 45.8 Å². The molecule has 1 unspecified atom stereocenters. The molecule has 0 saturated heterocycles. The lowest BCUT2D eigenvalue weighted by molar-refractivity contribution is -0.143. The second kappa shape index (κ2) is 10.8. The monoisotopic (exact) mass is 459 g/mol. The Balaban J connectivity index is 1.72. The minimum atomic E-state index is -0.612. The molecule has 0 aliphatic heterocycles. The quantitative estimate of drug-likeness (QED) is 0.337. The molecule has 1 fully saturated rings. The minimum Gasteiger partial charge on any atom is -0.352 e. The van der Waals surface area contributed by atoms with Crippen molar-refractivity contribution >= 4 is 45.9 Å². The fourth-order valence-corrected chi connectivity index (χ4v) is 4.36. The van der Waals surface area contributed by atoms with Gasteiger partial charge in [0.2, 0.25) is 5.91 Å². The third-order valence-electron chi connectivity index (χ3n) is 5.88. The van der Waals surface area contributed by atoms with Crippen LogP contribution in [0.3, 0.4) is 0 Å². The van der Waals surface area contributed by atoms with Crippen molar-refractivity contribution < 1.29 is 19.2 Å². The van der Waals surface area contributed by atoms with Gasteiger partial charge in [-0.1, -0.05) is 32.0 Å². The number of carbonyl (C=O) groups excluding carboxylic acids is 4. The van der Waals surface area contributed by atoms with E-state index in [4.69, 9.17) is 11.6 Å². The van der Waals surface area contributed by atoms with Gasteiger partial charge in [-0.3, -0.25) is 29.6 Å².